The van der Waals surface area contributed by atoms with Crippen molar-refractivity contribution in [3.8, 4) is 6.07 Å². The largest absolute Gasteiger partial charge is 0.445 e. The third kappa shape index (κ3) is 6.21. The van der Waals surface area contributed by atoms with E-state index in [0.717, 1.165) is 6.42 Å². The standard InChI is InChI=1S/C29H40N6O5/c1-28(2,3)23(34-27(39)40-16-17-8-6-10-31-14-17)26(38)35-15-20-21(29(20,4)5)22(35)25(37)33-19(13-30)12-18-9-7-11-32-24(18)36/h6,8,10,14,18-23H,7,9,11-12,15-16H2,1-5H3,(H,32,36)(H,33,37)(H,34,39)/t18-,19-,20-,21-,22-,23+/m0/s1. The molecule has 0 aromatic carbocycles. The summed E-state index contributed by atoms with van der Waals surface area (Å²) in [5.41, 5.74) is -0.0815. The van der Waals surface area contributed by atoms with Gasteiger partial charge in [-0.3, -0.25) is 19.4 Å². The van der Waals surface area contributed by atoms with Gasteiger partial charge in [-0.05, 0) is 48.0 Å². The van der Waals surface area contributed by atoms with Crippen molar-refractivity contribution in [2.45, 2.75) is 78.6 Å². The molecule has 0 bridgehead atoms. The SMILES string of the molecule is CC(C)(C)[C@H](NC(=O)OCc1cccnc1)C(=O)N1C[C@H]2[C@@H]([C@H]1C(=O)N[C@H](C#N)C[C@@H]1CCCNC1=O)C2(C)C. The Morgan fingerprint density at radius 3 is 2.67 bits per heavy atom. The minimum Gasteiger partial charge on any atom is -0.445 e. The highest BCUT2D eigenvalue weighted by molar-refractivity contribution is 5.93. The molecule has 3 aliphatic rings. The van der Waals surface area contributed by atoms with Crippen molar-refractivity contribution >= 4 is 23.8 Å². The van der Waals surface area contributed by atoms with Crippen molar-refractivity contribution in [3.05, 3.63) is 30.1 Å². The lowest BCUT2D eigenvalue weighted by atomic mass is 9.85. The summed E-state index contributed by atoms with van der Waals surface area (Å²) in [5.74, 6) is -1.13. The first-order valence-electron chi connectivity index (χ1n) is 13.9. The minimum atomic E-state index is -0.942. The van der Waals surface area contributed by atoms with Crippen LogP contribution in [0.2, 0.25) is 0 Å². The third-order valence-corrected chi connectivity index (χ3v) is 8.62. The van der Waals surface area contributed by atoms with Gasteiger partial charge in [0.1, 0.15) is 24.7 Å². The van der Waals surface area contributed by atoms with Crippen molar-refractivity contribution in [2.24, 2.45) is 28.6 Å². The summed E-state index contributed by atoms with van der Waals surface area (Å²) in [5, 5.41) is 18.1. The molecule has 4 rings (SSSR count). The van der Waals surface area contributed by atoms with E-state index in [1.807, 2.05) is 20.8 Å². The van der Waals surface area contributed by atoms with E-state index in [1.54, 1.807) is 29.4 Å². The Labute approximate surface area is 235 Å². The summed E-state index contributed by atoms with van der Waals surface area (Å²) >= 11 is 0. The maximum Gasteiger partial charge on any atom is 0.408 e. The van der Waals surface area contributed by atoms with Crippen molar-refractivity contribution in [3.63, 3.8) is 0 Å². The maximum absolute atomic E-state index is 14.0. The molecule has 216 valence electrons. The number of fused-ring (bicyclic) bond motifs is 1. The van der Waals surface area contributed by atoms with Crippen LogP contribution in [-0.2, 0) is 25.7 Å². The second-order valence-corrected chi connectivity index (χ2v) is 12.8. The van der Waals surface area contributed by atoms with Crippen LogP contribution in [-0.4, -0.2) is 64.9 Å². The number of pyridine rings is 1. The molecule has 3 fully saturated rings. The quantitative estimate of drug-likeness (QED) is 0.446. The van der Waals surface area contributed by atoms with Crippen molar-refractivity contribution in [2.75, 3.05) is 13.1 Å². The molecular formula is C29H40N6O5. The van der Waals surface area contributed by atoms with Gasteiger partial charge in [0.15, 0.2) is 0 Å². The fraction of sp³-hybridized carbons (Fsp3) is 0.655. The molecule has 3 N–H and O–H groups in total. The lowest BCUT2D eigenvalue weighted by molar-refractivity contribution is -0.144. The smallest absolute Gasteiger partial charge is 0.408 e. The van der Waals surface area contributed by atoms with Crippen LogP contribution in [0.1, 0.15) is 59.4 Å². The van der Waals surface area contributed by atoms with Gasteiger partial charge in [-0.25, -0.2) is 4.79 Å². The molecule has 0 radical (unpaired) electrons. The number of hydrogen-bond donors (Lipinski definition) is 3. The predicted octanol–water partition coefficient (Wildman–Crippen LogP) is 2.13. The number of amides is 4. The van der Waals surface area contributed by atoms with E-state index in [2.05, 4.69) is 40.9 Å². The Hall–Kier alpha value is -3.68. The molecule has 11 heteroatoms. The topological polar surface area (TPSA) is 154 Å². The van der Waals surface area contributed by atoms with E-state index in [0.29, 0.717) is 25.1 Å². The minimum absolute atomic E-state index is 0.00632. The van der Waals surface area contributed by atoms with Crippen LogP contribution >= 0.6 is 0 Å². The normalized spacial score (nSPS) is 26.4. The first-order valence-corrected chi connectivity index (χ1v) is 13.9. The lowest BCUT2D eigenvalue weighted by Gasteiger charge is -2.37. The maximum atomic E-state index is 14.0. The van der Waals surface area contributed by atoms with E-state index < -0.39 is 35.5 Å². The van der Waals surface area contributed by atoms with Gasteiger partial charge < -0.3 is 25.6 Å². The molecule has 1 aromatic heterocycles. The summed E-state index contributed by atoms with van der Waals surface area (Å²) in [6.45, 7) is 10.7. The third-order valence-electron chi connectivity index (χ3n) is 8.62. The number of carbonyl (C=O) groups is 4. The van der Waals surface area contributed by atoms with Gasteiger partial charge in [-0.1, -0.05) is 40.7 Å². The zero-order valence-electron chi connectivity index (χ0n) is 23.9. The Morgan fingerprint density at radius 2 is 2.05 bits per heavy atom. The molecular weight excluding hydrogens is 512 g/mol. The molecule has 3 heterocycles. The van der Waals surface area contributed by atoms with Gasteiger partial charge in [-0.2, -0.15) is 5.26 Å². The zero-order valence-corrected chi connectivity index (χ0v) is 23.9. The molecule has 2 aliphatic heterocycles. The van der Waals surface area contributed by atoms with Crippen LogP contribution < -0.4 is 16.0 Å². The number of nitrogens with one attached hydrogen (secondary N) is 3. The Morgan fingerprint density at radius 1 is 1.30 bits per heavy atom. The van der Waals surface area contributed by atoms with Gasteiger partial charge in [-0.15, -0.1) is 0 Å². The van der Waals surface area contributed by atoms with Crippen LogP contribution in [0.5, 0.6) is 0 Å². The van der Waals surface area contributed by atoms with Gasteiger partial charge in [0.25, 0.3) is 0 Å². The summed E-state index contributed by atoms with van der Waals surface area (Å²) in [6, 6.07) is 3.08. The van der Waals surface area contributed by atoms with Gasteiger partial charge in [0, 0.05) is 37.0 Å². The molecule has 4 amide bonds. The molecule has 0 unspecified atom stereocenters. The summed E-state index contributed by atoms with van der Waals surface area (Å²) < 4.78 is 5.34. The first kappa shape index (κ1) is 29.3. The second-order valence-electron chi connectivity index (χ2n) is 12.8. The van der Waals surface area contributed by atoms with Crippen molar-refractivity contribution in [1.29, 1.82) is 5.26 Å². The molecule has 40 heavy (non-hydrogen) atoms. The van der Waals surface area contributed by atoms with E-state index in [4.69, 9.17) is 4.74 Å². The second kappa shape index (κ2) is 11.4. The fourth-order valence-corrected chi connectivity index (χ4v) is 6.17. The Balaban J connectivity index is 1.46. The Bertz CT molecular complexity index is 1170. The highest BCUT2D eigenvalue weighted by Crippen LogP contribution is 2.65. The van der Waals surface area contributed by atoms with Gasteiger partial charge >= 0.3 is 6.09 Å². The summed E-state index contributed by atoms with van der Waals surface area (Å²) in [7, 11) is 0. The molecule has 1 aromatic rings. The predicted molar refractivity (Wildman–Crippen MR) is 145 cm³/mol. The Kier molecular flexibility index (Phi) is 8.38. The first-order chi connectivity index (χ1) is 18.8. The van der Waals surface area contributed by atoms with Crippen LogP contribution in [0.4, 0.5) is 4.79 Å². The summed E-state index contributed by atoms with van der Waals surface area (Å²) in [4.78, 5) is 58.1. The monoisotopic (exact) mass is 552 g/mol. The molecule has 11 nitrogen and oxygen atoms in total. The van der Waals surface area contributed by atoms with E-state index in [1.165, 1.54) is 0 Å². The van der Waals surface area contributed by atoms with Gasteiger partial charge in [0.05, 0.1) is 6.07 Å². The molecule has 1 aliphatic carbocycles. The molecule has 0 spiro atoms. The number of nitriles is 1. The van der Waals surface area contributed by atoms with Gasteiger partial charge in [0.2, 0.25) is 17.7 Å². The highest BCUT2D eigenvalue weighted by Gasteiger charge is 2.69. The average Bonchev–Trinajstić information content (AvgIpc) is 3.23. The van der Waals surface area contributed by atoms with E-state index >= 15 is 0 Å². The molecule has 6 atom stereocenters. The molecule has 1 saturated carbocycles. The van der Waals surface area contributed by atoms with Crippen molar-refractivity contribution in [1.82, 2.24) is 25.8 Å². The van der Waals surface area contributed by atoms with E-state index in [-0.39, 0.29) is 48.0 Å². The number of rotatable bonds is 8. The number of aromatic nitrogens is 1. The number of carbonyl (C=O) groups excluding carboxylic acids is 4. The van der Waals surface area contributed by atoms with Crippen LogP contribution in [0.3, 0.4) is 0 Å². The average molecular weight is 553 g/mol. The number of alkyl carbamates (subject to hydrolysis) is 1. The van der Waals surface area contributed by atoms with Crippen LogP contribution in [0.15, 0.2) is 24.5 Å². The molecule has 2 saturated heterocycles. The number of likely N-dealkylation sites (tertiary alicyclic amines) is 1. The number of hydrogen-bond acceptors (Lipinski definition) is 7. The summed E-state index contributed by atoms with van der Waals surface area (Å²) in [6.07, 6.45) is 4.20. The number of piperidine rings is 2. The number of nitrogens with zero attached hydrogens (tertiary/aromatic N) is 3. The van der Waals surface area contributed by atoms with Crippen LogP contribution in [0.25, 0.3) is 0 Å². The highest BCUT2D eigenvalue weighted by atomic mass is 16.5. The van der Waals surface area contributed by atoms with Crippen LogP contribution in [0, 0.1) is 39.9 Å². The van der Waals surface area contributed by atoms with Crippen molar-refractivity contribution < 1.29 is 23.9 Å². The number of ether oxygens (including phenoxy) is 1. The lowest BCUT2D eigenvalue weighted by Crippen LogP contribution is -2.60. The van der Waals surface area contributed by atoms with E-state index in [9.17, 15) is 24.4 Å². The zero-order chi connectivity index (χ0) is 29.2. The fourth-order valence-electron chi connectivity index (χ4n) is 6.17.